The van der Waals surface area contributed by atoms with Gasteiger partial charge in [0.2, 0.25) is 0 Å². The van der Waals surface area contributed by atoms with Crippen LogP contribution < -0.4 is 0 Å². The van der Waals surface area contributed by atoms with Gasteiger partial charge in [0.05, 0.1) is 11.0 Å². The van der Waals surface area contributed by atoms with Gasteiger partial charge in [-0.05, 0) is 95.8 Å². The highest BCUT2D eigenvalue weighted by atomic mass is 32.1. The quantitative estimate of drug-likeness (QED) is 0.214. The van der Waals surface area contributed by atoms with E-state index in [0.717, 1.165) is 0 Å². The van der Waals surface area contributed by atoms with Crippen molar-refractivity contribution < 1.29 is 0 Å². The maximum absolute atomic E-state index is 2.42. The Morgan fingerprint density at radius 1 is 0.450 bits per heavy atom. The standard InChI is InChI=1S/C38H27NS/c1-24-9-3-4-10-29(24)32-21-26(16-15-25(32)2)27-17-19-36-33(22-27)30-11-5-7-13-35(30)39(36)28-18-20-38-34(23-28)31-12-6-8-14-37(31)40-38/h3-23H,1-2H3. The molecule has 190 valence electrons. The first-order valence-corrected chi connectivity index (χ1v) is 14.6. The van der Waals surface area contributed by atoms with Gasteiger partial charge in [0.1, 0.15) is 0 Å². The van der Waals surface area contributed by atoms with Crippen molar-refractivity contribution in [3.05, 3.63) is 139 Å². The summed E-state index contributed by atoms with van der Waals surface area (Å²) in [5.74, 6) is 0. The van der Waals surface area contributed by atoms with Crippen LogP contribution in [0.2, 0.25) is 0 Å². The van der Waals surface area contributed by atoms with Crippen LogP contribution >= 0.6 is 11.3 Å². The second kappa shape index (κ2) is 8.94. The number of fused-ring (bicyclic) bond motifs is 6. The Morgan fingerprint density at radius 3 is 2.02 bits per heavy atom. The minimum Gasteiger partial charge on any atom is -0.309 e. The Balaban J connectivity index is 1.33. The highest BCUT2D eigenvalue weighted by molar-refractivity contribution is 7.25. The molecule has 0 atom stereocenters. The average molecular weight is 530 g/mol. The van der Waals surface area contributed by atoms with E-state index in [1.807, 2.05) is 11.3 Å². The Morgan fingerprint density at radius 2 is 1.12 bits per heavy atom. The topological polar surface area (TPSA) is 4.93 Å². The molecule has 2 heterocycles. The third-order valence-corrected chi connectivity index (χ3v) is 9.45. The number of benzene rings is 6. The Hall–Kier alpha value is -4.66. The number of nitrogens with zero attached hydrogens (tertiary/aromatic N) is 1. The van der Waals surface area contributed by atoms with E-state index in [1.54, 1.807) is 0 Å². The van der Waals surface area contributed by atoms with Crippen LogP contribution in [-0.2, 0) is 0 Å². The summed E-state index contributed by atoms with van der Waals surface area (Å²) in [7, 11) is 0. The predicted octanol–water partition coefficient (Wildman–Crippen LogP) is 11.1. The summed E-state index contributed by atoms with van der Waals surface area (Å²) in [5.41, 5.74) is 11.4. The molecule has 0 unspecified atom stereocenters. The Bertz CT molecular complexity index is 2240. The maximum Gasteiger partial charge on any atom is 0.0541 e. The molecule has 0 amide bonds. The minimum absolute atomic E-state index is 1.20. The van der Waals surface area contributed by atoms with Crippen molar-refractivity contribution in [3.8, 4) is 27.9 Å². The molecular formula is C38H27NS. The Labute approximate surface area is 237 Å². The second-order valence-electron chi connectivity index (χ2n) is 10.7. The molecule has 0 aliphatic rings. The molecule has 1 nitrogen and oxygen atoms in total. The fourth-order valence-corrected chi connectivity index (χ4v) is 7.34. The molecule has 0 bridgehead atoms. The zero-order chi connectivity index (χ0) is 26.8. The number of thiophene rings is 1. The monoisotopic (exact) mass is 529 g/mol. The number of aromatic nitrogens is 1. The number of rotatable bonds is 3. The summed E-state index contributed by atoms with van der Waals surface area (Å²) < 4.78 is 5.09. The lowest BCUT2D eigenvalue weighted by Crippen LogP contribution is -1.93. The molecule has 0 aliphatic heterocycles. The maximum atomic E-state index is 2.42. The molecule has 0 saturated heterocycles. The van der Waals surface area contributed by atoms with E-state index in [9.17, 15) is 0 Å². The molecule has 0 spiro atoms. The van der Waals surface area contributed by atoms with Crippen molar-refractivity contribution in [1.82, 2.24) is 4.57 Å². The average Bonchev–Trinajstić information content (AvgIpc) is 3.53. The van der Waals surface area contributed by atoms with Crippen LogP contribution in [0.15, 0.2) is 127 Å². The van der Waals surface area contributed by atoms with Crippen LogP contribution in [0.4, 0.5) is 0 Å². The highest BCUT2D eigenvalue weighted by Gasteiger charge is 2.15. The number of hydrogen-bond acceptors (Lipinski definition) is 1. The van der Waals surface area contributed by atoms with E-state index in [2.05, 4.69) is 146 Å². The number of hydrogen-bond donors (Lipinski definition) is 0. The molecule has 2 aromatic heterocycles. The third-order valence-electron chi connectivity index (χ3n) is 8.30. The van der Waals surface area contributed by atoms with E-state index in [0.29, 0.717) is 0 Å². The predicted molar refractivity (Wildman–Crippen MR) is 174 cm³/mol. The summed E-state index contributed by atoms with van der Waals surface area (Å²) in [6, 6.07) is 46.9. The molecule has 0 saturated carbocycles. The number of aryl methyl sites for hydroxylation is 2. The van der Waals surface area contributed by atoms with Crippen molar-refractivity contribution in [2.45, 2.75) is 13.8 Å². The van der Waals surface area contributed by atoms with Crippen molar-refractivity contribution in [1.29, 1.82) is 0 Å². The van der Waals surface area contributed by atoms with E-state index >= 15 is 0 Å². The van der Waals surface area contributed by atoms with Crippen LogP contribution in [0.3, 0.4) is 0 Å². The van der Waals surface area contributed by atoms with Gasteiger partial charge in [-0.3, -0.25) is 0 Å². The van der Waals surface area contributed by atoms with E-state index in [1.165, 1.54) is 81.0 Å². The van der Waals surface area contributed by atoms with E-state index in [4.69, 9.17) is 0 Å². The van der Waals surface area contributed by atoms with Gasteiger partial charge in [0.25, 0.3) is 0 Å². The van der Waals surface area contributed by atoms with Gasteiger partial charge in [-0.2, -0.15) is 0 Å². The summed E-state index contributed by atoms with van der Waals surface area (Å²) in [4.78, 5) is 0. The van der Waals surface area contributed by atoms with Gasteiger partial charge in [0.15, 0.2) is 0 Å². The lowest BCUT2D eigenvalue weighted by atomic mass is 9.92. The van der Waals surface area contributed by atoms with Crippen LogP contribution in [0.5, 0.6) is 0 Å². The second-order valence-corrected chi connectivity index (χ2v) is 11.8. The third kappa shape index (κ3) is 3.53. The molecule has 2 heteroatoms. The highest BCUT2D eigenvalue weighted by Crippen LogP contribution is 2.39. The van der Waals surface area contributed by atoms with E-state index < -0.39 is 0 Å². The van der Waals surface area contributed by atoms with Gasteiger partial charge in [-0.25, -0.2) is 0 Å². The SMILES string of the molecule is Cc1ccccc1-c1cc(-c2ccc3c(c2)c2ccccc2n3-c2ccc3sc4ccccc4c3c2)ccc1C. The van der Waals surface area contributed by atoms with Crippen molar-refractivity contribution in [2.75, 3.05) is 0 Å². The van der Waals surface area contributed by atoms with Gasteiger partial charge in [-0.15, -0.1) is 11.3 Å². The van der Waals surface area contributed by atoms with Gasteiger partial charge < -0.3 is 4.57 Å². The lowest BCUT2D eigenvalue weighted by Gasteiger charge is -2.12. The smallest absolute Gasteiger partial charge is 0.0541 e. The van der Waals surface area contributed by atoms with Crippen molar-refractivity contribution in [3.63, 3.8) is 0 Å². The van der Waals surface area contributed by atoms with Gasteiger partial charge in [-0.1, -0.05) is 78.9 Å². The molecule has 0 N–H and O–H groups in total. The summed E-state index contributed by atoms with van der Waals surface area (Å²) in [5, 5.41) is 5.21. The Kier molecular flexibility index (Phi) is 5.20. The fraction of sp³-hybridized carbons (Fsp3) is 0.0526. The molecular weight excluding hydrogens is 502 g/mol. The first-order chi connectivity index (χ1) is 19.7. The normalized spacial score (nSPS) is 11.8. The first-order valence-electron chi connectivity index (χ1n) is 13.8. The van der Waals surface area contributed by atoms with Gasteiger partial charge in [0, 0.05) is 36.6 Å². The van der Waals surface area contributed by atoms with Crippen LogP contribution in [0.1, 0.15) is 11.1 Å². The van der Waals surface area contributed by atoms with Crippen LogP contribution in [0, 0.1) is 13.8 Å². The van der Waals surface area contributed by atoms with Gasteiger partial charge >= 0.3 is 0 Å². The summed E-state index contributed by atoms with van der Waals surface area (Å²) in [6.45, 7) is 4.40. The number of para-hydroxylation sites is 1. The van der Waals surface area contributed by atoms with Crippen molar-refractivity contribution in [2.24, 2.45) is 0 Å². The minimum atomic E-state index is 1.20. The largest absolute Gasteiger partial charge is 0.309 e. The summed E-state index contributed by atoms with van der Waals surface area (Å²) >= 11 is 1.87. The molecule has 0 radical (unpaired) electrons. The van der Waals surface area contributed by atoms with Crippen LogP contribution in [-0.4, -0.2) is 4.57 Å². The van der Waals surface area contributed by atoms with Crippen LogP contribution in [0.25, 0.3) is 69.9 Å². The molecule has 6 aromatic carbocycles. The zero-order valence-electron chi connectivity index (χ0n) is 22.5. The molecule has 8 aromatic rings. The zero-order valence-corrected chi connectivity index (χ0v) is 23.3. The first kappa shape index (κ1) is 23.2. The van der Waals surface area contributed by atoms with E-state index in [-0.39, 0.29) is 0 Å². The van der Waals surface area contributed by atoms with Crippen molar-refractivity contribution >= 4 is 53.3 Å². The molecule has 8 rings (SSSR count). The summed E-state index contributed by atoms with van der Waals surface area (Å²) in [6.07, 6.45) is 0. The molecule has 0 fully saturated rings. The molecule has 0 aliphatic carbocycles. The molecule has 40 heavy (non-hydrogen) atoms. The fourth-order valence-electron chi connectivity index (χ4n) is 6.25. The lowest BCUT2D eigenvalue weighted by molar-refractivity contribution is 1.19.